The summed E-state index contributed by atoms with van der Waals surface area (Å²) in [6, 6.07) is 0.0308. The maximum absolute atomic E-state index is 12.1. The largest absolute Gasteiger partial charge is 0.361 e. The van der Waals surface area contributed by atoms with Crippen LogP contribution in [0.15, 0.2) is 4.52 Å². The van der Waals surface area contributed by atoms with E-state index in [0.29, 0.717) is 5.92 Å². The van der Waals surface area contributed by atoms with Gasteiger partial charge in [0, 0.05) is 25.2 Å². The Hall–Kier alpha value is -1.52. The van der Waals surface area contributed by atoms with Crippen LogP contribution in [0.4, 0.5) is 4.79 Å². The van der Waals surface area contributed by atoms with Gasteiger partial charge in [0.25, 0.3) is 0 Å². The molecule has 1 heterocycles. The van der Waals surface area contributed by atoms with Crippen molar-refractivity contribution in [2.45, 2.75) is 53.5 Å². The molecule has 2 atom stereocenters. The predicted octanol–water partition coefficient (Wildman–Crippen LogP) is 2.91. The van der Waals surface area contributed by atoms with Crippen molar-refractivity contribution in [1.29, 1.82) is 0 Å². The SMILES string of the molecule is CCC(C)CN(C)C(=O)NC(C)Cc1c(C)noc1C. The molecule has 0 spiro atoms. The van der Waals surface area contributed by atoms with Crippen LogP contribution in [0.25, 0.3) is 0 Å². The number of amides is 2. The number of aryl methyl sites for hydroxylation is 2. The van der Waals surface area contributed by atoms with E-state index in [1.165, 1.54) is 0 Å². The van der Waals surface area contributed by atoms with Crippen LogP contribution >= 0.6 is 0 Å². The zero-order chi connectivity index (χ0) is 15.3. The lowest BCUT2D eigenvalue weighted by Gasteiger charge is -2.23. The van der Waals surface area contributed by atoms with Crippen molar-refractivity contribution < 1.29 is 9.32 Å². The second-order valence-corrected chi connectivity index (χ2v) is 5.75. The molecule has 0 aliphatic carbocycles. The molecule has 2 amide bonds. The number of carbonyl (C=O) groups is 1. The highest BCUT2D eigenvalue weighted by Crippen LogP contribution is 2.14. The van der Waals surface area contributed by atoms with Gasteiger partial charge in [0.15, 0.2) is 0 Å². The van der Waals surface area contributed by atoms with E-state index in [9.17, 15) is 4.79 Å². The van der Waals surface area contributed by atoms with Crippen molar-refractivity contribution in [3.05, 3.63) is 17.0 Å². The second-order valence-electron chi connectivity index (χ2n) is 5.75. The summed E-state index contributed by atoms with van der Waals surface area (Å²) in [6.07, 6.45) is 1.82. The van der Waals surface area contributed by atoms with Gasteiger partial charge in [-0.25, -0.2) is 4.79 Å². The van der Waals surface area contributed by atoms with Crippen LogP contribution in [-0.4, -0.2) is 35.7 Å². The lowest BCUT2D eigenvalue weighted by Crippen LogP contribution is -2.44. The molecule has 1 aromatic heterocycles. The summed E-state index contributed by atoms with van der Waals surface area (Å²) >= 11 is 0. The number of hydrogen-bond donors (Lipinski definition) is 1. The maximum Gasteiger partial charge on any atom is 0.317 e. The van der Waals surface area contributed by atoms with Crippen LogP contribution < -0.4 is 5.32 Å². The highest BCUT2D eigenvalue weighted by Gasteiger charge is 2.17. The van der Waals surface area contributed by atoms with Crippen LogP contribution in [0.1, 0.15) is 44.2 Å². The molecule has 1 rings (SSSR count). The molecule has 0 fully saturated rings. The van der Waals surface area contributed by atoms with Gasteiger partial charge in [0.2, 0.25) is 0 Å². The van der Waals surface area contributed by atoms with Crippen molar-refractivity contribution in [2.75, 3.05) is 13.6 Å². The fourth-order valence-corrected chi connectivity index (χ4v) is 2.15. The standard InChI is InChI=1S/C15H27N3O2/c1-7-10(2)9-18(6)15(19)16-11(3)8-14-12(4)17-20-13(14)5/h10-11H,7-9H2,1-6H3,(H,16,19). The Balaban J connectivity index is 2.49. The maximum atomic E-state index is 12.1. The van der Waals surface area contributed by atoms with Crippen LogP contribution in [0, 0.1) is 19.8 Å². The predicted molar refractivity (Wildman–Crippen MR) is 79.8 cm³/mol. The molecule has 5 heteroatoms. The van der Waals surface area contributed by atoms with E-state index in [1.54, 1.807) is 4.90 Å². The Morgan fingerprint density at radius 2 is 2.05 bits per heavy atom. The van der Waals surface area contributed by atoms with E-state index >= 15 is 0 Å². The normalized spacial score (nSPS) is 13.9. The first-order chi connectivity index (χ1) is 9.35. The molecule has 0 bridgehead atoms. The van der Waals surface area contributed by atoms with Crippen molar-refractivity contribution in [2.24, 2.45) is 5.92 Å². The highest BCUT2D eigenvalue weighted by atomic mass is 16.5. The summed E-state index contributed by atoms with van der Waals surface area (Å²) in [4.78, 5) is 13.8. The van der Waals surface area contributed by atoms with Gasteiger partial charge in [0.1, 0.15) is 5.76 Å². The Bertz CT molecular complexity index is 423. The number of urea groups is 1. The molecule has 0 saturated heterocycles. The quantitative estimate of drug-likeness (QED) is 0.872. The molecule has 1 aromatic rings. The Labute approximate surface area is 121 Å². The van der Waals surface area contributed by atoms with E-state index in [1.807, 2.05) is 27.8 Å². The molecule has 114 valence electrons. The lowest BCUT2D eigenvalue weighted by molar-refractivity contribution is 0.198. The Morgan fingerprint density at radius 3 is 2.55 bits per heavy atom. The first-order valence-electron chi connectivity index (χ1n) is 7.28. The summed E-state index contributed by atoms with van der Waals surface area (Å²) in [6.45, 7) is 10.9. The van der Waals surface area contributed by atoms with E-state index in [2.05, 4.69) is 24.3 Å². The first-order valence-corrected chi connectivity index (χ1v) is 7.28. The Morgan fingerprint density at radius 1 is 1.40 bits per heavy atom. The van der Waals surface area contributed by atoms with E-state index in [-0.39, 0.29) is 12.1 Å². The zero-order valence-corrected chi connectivity index (χ0v) is 13.5. The summed E-state index contributed by atoms with van der Waals surface area (Å²) < 4.78 is 5.14. The average molecular weight is 281 g/mol. The number of rotatable bonds is 6. The summed E-state index contributed by atoms with van der Waals surface area (Å²) in [5.41, 5.74) is 1.99. The fraction of sp³-hybridized carbons (Fsp3) is 0.733. The van der Waals surface area contributed by atoms with E-state index in [4.69, 9.17) is 4.52 Å². The summed E-state index contributed by atoms with van der Waals surface area (Å²) in [5, 5.41) is 6.96. The minimum Gasteiger partial charge on any atom is -0.361 e. The average Bonchev–Trinajstić information content (AvgIpc) is 2.70. The zero-order valence-electron chi connectivity index (χ0n) is 13.5. The van der Waals surface area contributed by atoms with Crippen molar-refractivity contribution in [3.63, 3.8) is 0 Å². The van der Waals surface area contributed by atoms with Gasteiger partial charge in [0.05, 0.1) is 5.69 Å². The molecule has 0 saturated carbocycles. The van der Waals surface area contributed by atoms with Gasteiger partial charge in [-0.05, 0) is 33.1 Å². The number of nitrogens with zero attached hydrogens (tertiary/aromatic N) is 2. The number of aromatic nitrogens is 1. The van der Waals surface area contributed by atoms with Gasteiger partial charge >= 0.3 is 6.03 Å². The van der Waals surface area contributed by atoms with Crippen LogP contribution in [0.3, 0.4) is 0 Å². The third-order valence-electron chi connectivity index (χ3n) is 3.69. The minimum atomic E-state index is -0.0236. The Kier molecular flexibility index (Phi) is 6.05. The molecule has 2 unspecified atom stereocenters. The summed E-state index contributed by atoms with van der Waals surface area (Å²) in [5.74, 6) is 1.35. The molecular formula is C15H27N3O2. The topological polar surface area (TPSA) is 58.4 Å². The molecule has 20 heavy (non-hydrogen) atoms. The van der Waals surface area contributed by atoms with Gasteiger partial charge in [-0.2, -0.15) is 0 Å². The van der Waals surface area contributed by atoms with Crippen molar-refractivity contribution in [3.8, 4) is 0 Å². The van der Waals surface area contributed by atoms with Crippen LogP contribution in [-0.2, 0) is 6.42 Å². The third-order valence-corrected chi connectivity index (χ3v) is 3.69. The fourth-order valence-electron chi connectivity index (χ4n) is 2.15. The minimum absolute atomic E-state index is 0.0236. The second kappa shape index (κ2) is 7.31. The van der Waals surface area contributed by atoms with Crippen LogP contribution in [0.5, 0.6) is 0 Å². The molecule has 0 aliphatic rings. The number of hydrogen-bond acceptors (Lipinski definition) is 3. The number of nitrogens with one attached hydrogen (secondary N) is 1. The van der Waals surface area contributed by atoms with E-state index < -0.39 is 0 Å². The summed E-state index contributed by atoms with van der Waals surface area (Å²) in [7, 11) is 1.84. The molecular weight excluding hydrogens is 254 g/mol. The van der Waals surface area contributed by atoms with Crippen molar-refractivity contribution in [1.82, 2.24) is 15.4 Å². The smallest absolute Gasteiger partial charge is 0.317 e. The van der Waals surface area contributed by atoms with Gasteiger partial charge in [-0.1, -0.05) is 25.4 Å². The number of carbonyl (C=O) groups excluding carboxylic acids is 1. The monoisotopic (exact) mass is 281 g/mol. The molecule has 0 aliphatic heterocycles. The van der Waals surface area contributed by atoms with E-state index in [0.717, 1.165) is 36.4 Å². The molecule has 0 aromatic carbocycles. The van der Waals surface area contributed by atoms with Gasteiger partial charge in [-0.15, -0.1) is 0 Å². The highest BCUT2D eigenvalue weighted by molar-refractivity contribution is 5.74. The molecule has 5 nitrogen and oxygen atoms in total. The third kappa shape index (κ3) is 4.54. The lowest BCUT2D eigenvalue weighted by atomic mass is 10.1. The van der Waals surface area contributed by atoms with Gasteiger partial charge in [-0.3, -0.25) is 0 Å². The van der Waals surface area contributed by atoms with Crippen molar-refractivity contribution >= 4 is 6.03 Å². The first kappa shape index (κ1) is 16.5. The molecule has 1 N–H and O–H groups in total. The van der Waals surface area contributed by atoms with Gasteiger partial charge < -0.3 is 14.7 Å². The molecule has 0 radical (unpaired) electrons. The van der Waals surface area contributed by atoms with Crippen LogP contribution in [0.2, 0.25) is 0 Å².